The predicted molar refractivity (Wildman–Crippen MR) is 213 cm³/mol. The van der Waals surface area contributed by atoms with Crippen LogP contribution in [0.4, 0.5) is 5.69 Å². The number of hydrogen-bond acceptors (Lipinski definition) is 6. The molecule has 0 fully saturated rings. The summed E-state index contributed by atoms with van der Waals surface area (Å²) in [4.78, 5) is 29.2. The zero-order valence-electron chi connectivity index (χ0n) is 31.5. The van der Waals surface area contributed by atoms with E-state index >= 15 is 4.79 Å². The van der Waals surface area contributed by atoms with E-state index in [1.807, 2.05) is 105 Å². The lowest BCUT2D eigenvalue weighted by molar-refractivity contribution is 0.0957. The number of nitrogens with zero attached hydrogens (tertiary/aromatic N) is 7. The first-order valence-electron chi connectivity index (χ1n) is 18.0. The molecule has 0 saturated carbocycles. The monoisotopic (exact) mass is 765 g/mol. The minimum absolute atomic E-state index is 0.0994. The van der Waals surface area contributed by atoms with Crippen molar-refractivity contribution in [3.63, 3.8) is 0 Å². The number of aryl methyl sites for hydroxylation is 6. The normalized spacial score (nSPS) is 14.5. The van der Waals surface area contributed by atoms with E-state index in [0.29, 0.717) is 48.1 Å². The van der Waals surface area contributed by atoms with Crippen molar-refractivity contribution < 1.29 is 14.1 Å². The third kappa shape index (κ3) is 5.55. The maximum absolute atomic E-state index is 15.2. The van der Waals surface area contributed by atoms with E-state index in [0.717, 1.165) is 77.5 Å². The van der Waals surface area contributed by atoms with Gasteiger partial charge in [0, 0.05) is 83.6 Å². The second kappa shape index (κ2) is 13.2. The van der Waals surface area contributed by atoms with Crippen LogP contribution in [0.3, 0.4) is 0 Å². The molecule has 1 unspecified atom stereocenters. The van der Waals surface area contributed by atoms with Gasteiger partial charge in [0.2, 0.25) is 0 Å². The second-order valence-electron chi connectivity index (χ2n) is 14.5. The molecule has 5 heterocycles. The first-order chi connectivity index (χ1) is 25.8. The van der Waals surface area contributed by atoms with Crippen LogP contribution in [-0.4, -0.2) is 47.7 Å². The minimum Gasteiger partial charge on any atom is -0.494 e. The fourth-order valence-corrected chi connectivity index (χ4v) is 8.56. The number of aromatic nitrogens is 6. The molecule has 0 saturated heterocycles. The molecule has 7 aromatic rings. The number of rotatable bonds is 8. The van der Waals surface area contributed by atoms with Crippen LogP contribution in [0.2, 0.25) is 10.0 Å². The van der Waals surface area contributed by atoms with E-state index in [2.05, 4.69) is 16.6 Å². The van der Waals surface area contributed by atoms with Crippen LogP contribution in [0.15, 0.2) is 58.0 Å². The smallest absolute Gasteiger partial charge is 0.441 e. The molecule has 8 rings (SSSR count). The maximum Gasteiger partial charge on any atom is 0.441 e. The predicted octanol–water partition coefficient (Wildman–Crippen LogP) is 8.66. The molecule has 1 aliphatic heterocycles. The highest BCUT2D eigenvalue weighted by Crippen LogP contribution is 2.46. The first-order valence-corrected chi connectivity index (χ1v) is 18.7. The van der Waals surface area contributed by atoms with Crippen molar-refractivity contribution in [2.45, 2.75) is 53.5 Å². The molecule has 0 spiro atoms. The highest BCUT2D eigenvalue weighted by Gasteiger charge is 2.37. The van der Waals surface area contributed by atoms with Gasteiger partial charge in [0.1, 0.15) is 11.4 Å². The van der Waals surface area contributed by atoms with Gasteiger partial charge in [-0.3, -0.25) is 18.6 Å². The standard InChI is InChI=1S/C41H41Cl2N7O4/c1-21-16-27(17-22(2)36(21)43)53-15-9-10-28-29-12-13-31(42)35(34-24(4)44-48(8)25(34)5)37(29)50-23(3)19-49(40(51)38(28)50)33-20-46(6)32-14-11-26(18-30(32)33)39-45-54-41(52)47(39)7/h11-14,16-18,20,23H,9-10,15,19H2,1-8H3. The van der Waals surface area contributed by atoms with Crippen molar-refractivity contribution in [2.24, 2.45) is 21.1 Å². The molecule has 0 N–H and O–H groups in total. The van der Waals surface area contributed by atoms with Crippen molar-refractivity contribution in [2.75, 3.05) is 18.1 Å². The van der Waals surface area contributed by atoms with Crippen LogP contribution in [-0.2, 0) is 27.6 Å². The summed E-state index contributed by atoms with van der Waals surface area (Å²) in [5.41, 5.74) is 10.6. The molecule has 0 aliphatic carbocycles. The average Bonchev–Trinajstić information content (AvgIpc) is 3.84. The number of anilines is 1. The number of benzene rings is 3. The first kappa shape index (κ1) is 35.8. The molecule has 1 amide bonds. The van der Waals surface area contributed by atoms with Gasteiger partial charge in [-0.25, -0.2) is 4.79 Å². The fraction of sp³-hybridized carbons (Fsp3) is 0.317. The van der Waals surface area contributed by atoms with Crippen molar-refractivity contribution in [3.05, 3.63) is 103 Å². The lowest BCUT2D eigenvalue weighted by atomic mass is 9.98. The third-order valence-electron chi connectivity index (χ3n) is 10.9. The molecule has 0 bridgehead atoms. The molecule has 0 radical (unpaired) electrons. The Kier molecular flexibility index (Phi) is 8.77. The van der Waals surface area contributed by atoms with Gasteiger partial charge in [-0.15, -0.1) is 0 Å². The Morgan fingerprint density at radius 2 is 1.69 bits per heavy atom. The Morgan fingerprint density at radius 1 is 0.944 bits per heavy atom. The number of carbonyl (C=O) groups is 1. The van der Waals surface area contributed by atoms with Crippen molar-refractivity contribution in [1.82, 2.24) is 28.6 Å². The van der Waals surface area contributed by atoms with Crippen LogP contribution < -0.4 is 15.4 Å². The Labute approximate surface area is 322 Å². The van der Waals surface area contributed by atoms with Crippen molar-refractivity contribution in [3.8, 4) is 28.3 Å². The molecular weight excluding hydrogens is 725 g/mol. The van der Waals surface area contributed by atoms with Gasteiger partial charge < -0.3 is 18.8 Å². The Balaban J connectivity index is 1.27. The average molecular weight is 767 g/mol. The number of amides is 1. The Morgan fingerprint density at radius 3 is 2.35 bits per heavy atom. The SMILES string of the molecule is Cc1cc(OCCCc2c3n(c4c(-c5c(C)nn(C)c5C)c(Cl)ccc24)C(C)CN(c2cn(C)c4ccc(-c5noc(=O)n5C)cc24)C3=O)cc(C)c1Cl. The summed E-state index contributed by atoms with van der Waals surface area (Å²) in [5.74, 6) is 0.539. The maximum atomic E-state index is 15.2. The minimum atomic E-state index is -0.543. The van der Waals surface area contributed by atoms with Gasteiger partial charge in [0.15, 0.2) is 5.82 Å². The van der Waals surface area contributed by atoms with Crippen molar-refractivity contribution in [1.29, 1.82) is 0 Å². The summed E-state index contributed by atoms with van der Waals surface area (Å²) in [6, 6.07) is 13.6. The van der Waals surface area contributed by atoms with E-state index < -0.39 is 5.76 Å². The largest absolute Gasteiger partial charge is 0.494 e. The third-order valence-corrected chi connectivity index (χ3v) is 11.8. The van der Waals surface area contributed by atoms with Gasteiger partial charge in [-0.2, -0.15) is 5.10 Å². The van der Waals surface area contributed by atoms with Crippen LogP contribution in [0.5, 0.6) is 5.75 Å². The molecule has 4 aromatic heterocycles. The van der Waals surface area contributed by atoms with E-state index in [-0.39, 0.29) is 11.9 Å². The fourth-order valence-electron chi connectivity index (χ4n) is 8.20. The van der Waals surface area contributed by atoms with Crippen LogP contribution in [0.1, 0.15) is 58.0 Å². The highest BCUT2D eigenvalue weighted by atomic mass is 35.5. The van der Waals surface area contributed by atoms with Crippen LogP contribution >= 0.6 is 23.2 Å². The summed E-state index contributed by atoms with van der Waals surface area (Å²) in [5, 5.41) is 11.9. The van der Waals surface area contributed by atoms with E-state index in [4.69, 9.17) is 37.6 Å². The summed E-state index contributed by atoms with van der Waals surface area (Å²) in [6.45, 7) is 11.0. The molecule has 1 aliphatic rings. The summed E-state index contributed by atoms with van der Waals surface area (Å²) in [6.07, 6.45) is 3.27. The van der Waals surface area contributed by atoms with Gasteiger partial charge in [-0.05, 0) is 101 Å². The molecule has 1 atom stereocenters. The molecular formula is C41H41Cl2N7O4. The highest BCUT2D eigenvalue weighted by molar-refractivity contribution is 6.35. The van der Waals surface area contributed by atoms with Gasteiger partial charge in [-0.1, -0.05) is 34.4 Å². The molecule has 11 nitrogen and oxygen atoms in total. The zero-order chi connectivity index (χ0) is 38.3. The van der Waals surface area contributed by atoms with E-state index in [1.54, 1.807) is 7.05 Å². The summed E-state index contributed by atoms with van der Waals surface area (Å²) < 4.78 is 18.6. The zero-order valence-corrected chi connectivity index (χ0v) is 33.1. The van der Waals surface area contributed by atoms with Crippen LogP contribution in [0.25, 0.3) is 44.3 Å². The molecule has 13 heteroatoms. The quantitative estimate of drug-likeness (QED) is 0.144. The van der Waals surface area contributed by atoms with E-state index in [1.165, 1.54) is 4.57 Å². The lowest BCUT2D eigenvalue weighted by Crippen LogP contribution is -2.42. The second-order valence-corrected chi connectivity index (χ2v) is 15.2. The number of hydrogen-bond donors (Lipinski definition) is 0. The Bertz CT molecular complexity index is 2710. The molecule has 3 aromatic carbocycles. The number of carbonyl (C=O) groups excluding carboxylic acids is 1. The number of halogens is 2. The van der Waals surface area contributed by atoms with Gasteiger partial charge >= 0.3 is 5.76 Å². The number of ether oxygens (including phenoxy) is 1. The van der Waals surface area contributed by atoms with Gasteiger partial charge in [0.05, 0.1) is 28.5 Å². The summed E-state index contributed by atoms with van der Waals surface area (Å²) >= 11 is 13.5. The number of fused-ring (bicyclic) bond motifs is 4. The molecule has 54 heavy (non-hydrogen) atoms. The Hall–Kier alpha value is -5.26. The van der Waals surface area contributed by atoms with Crippen LogP contribution in [0, 0.1) is 27.7 Å². The molecule has 278 valence electrons. The van der Waals surface area contributed by atoms with Gasteiger partial charge in [0.25, 0.3) is 5.91 Å². The summed E-state index contributed by atoms with van der Waals surface area (Å²) in [7, 11) is 5.52. The van der Waals surface area contributed by atoms with E-state index in [9.17, 15) is 4.79 Å². The van der Waals surface area contributed by atoms with Crippen molar-refractivity contribution >= 4 is 56.6 Å². The lowest BCUT2D eigenvalue weighted by Gasteiger charge is -2.34. The topological polar surface area (TPSA) is 105 Å².